The van der Waals surface area contributed by atoms with Gasteiger partial charge in [0.1, 0.15) is 13.2 Å². The van der Waals surface area contributed by atoms with Crippen molar-refractivity contribution in [3.05, 3.63) is 24.3 Å². The Morgan fingerprint density at radius 3 is 0.933 bits per heavy atom. The van der Waals surface area contributed by atoms with E-state index in [1.165, 1.54) is 199 Å². The van der Waals surface area contributed by atoms with Crippen molar-refractivity contribution in [3.8, 4) is 0 Å². The number of ether oxygens (including phenoxy) is 3. The summed E-state index contributed by atoms with van der Waals surface area (Å²) in [5, 5.41) is 0. The van der Waals surface area contributed by atoms with Crippen LogP contribution in [0.25, 0.3) is 0 Å². The smallest absolute Gasteiger partial charge is 0.306 e. The Morgan fingerprint density at radius 2 is 0.583 bits per heavy atom. The second-order valence-electron chi connectivity index (χ2n) is 17.8. The minimum Gasteiger partial charge on any atom is -0.462 e. The lowest BCUT2D eigenvalue weighted by molar-refractivity contribution is -0.166. The van der Waals surface area contributed by atoms with Gasteiger partial charge in [0.05, 0.1) is 0 Å². The van der Waals surface area contributed by atoms with Gasteiger partial charge in [-0.1, -0.05) is 244 Å². The molecule has 0 N–H and O–H groups in total. The van der Waals surface area contributed by atoms with E-state index in [0.29, 0.717) is 19.3 Å². The summed E-state index contributed by atoms with van der Waals surface area (Å²) in [5.41, 5.74) is 0. The average molecular weight is 845 g/mol. The fourth-order valence-electron chi connectivity index (χ4n) is 7.71. The van der Waals surface area contributed by atoms with E-state index in [4.69, 9.17) is 14.2 Å². The normalized spacial score (nSPS) is 12.1. The highest BCUT2D eigenvalue weighted by molar-refractivity contribution is 5.71. The van der Waals surface area contributed by atoms with Crippen LogP contribution in [0.1, 0.15) is 284 Å². The highest BCUT2D eigenvalue weighted by Gasteiger charge is 2.19. The van der Waals surface area contributed by atoms with Gasteiger partial charge in [0.15, 0.2) is 6.10 Å². The summed E-state index contributed by atoms with van der Waals surface area (Å²) in [5.74, 6) is -0.982. The van der Waals surface area contributed by atoms with Gasteiger partial charge in [0.2, 0.25) is 0 Å². The Kier molecular flexibility index (Phi) is 47.8. The molecule has 0 spiro atoms. The van der Waals surface area contributed by atoms with Crippen molar-refractivity contribution in [3.63, 3.8) is 0 Å². The molecule has 0 heterocycles. The molecule has 0 amide bonds. The maximum atomic E-state index is 12.8. The van der Waals surface area contributed by atoms with Crippen molar-refractivity contribution in [2.24, 2.45) is 0 Å². The van der Waals surface area contributed by atoms with Gasteiger partial charge in [-0.05, 0) is 44.9 Å². The van der Waals surface area contributed by atoms with Crippen molar-refractivity contribution in [1.82, 2.24) is 0 Å². The van der Waals surface area contributed by atoms with Gasteiger partial charge in [0, 0.05) is 19.3 Å². The molecule has 0 saturated heterocycles. The summed E-state index contributed by atoms with van der Waals surface area (Å²) in [6.07, 6.45) is 56.1. The third kappa shape index (κ3) is 46.9. The highest BCUT2D eigenvalue weighted by atomic mass is 16.6. The van der Waals surface area contributed by atoms with E-state index in [0.717, 1.165) is 32.1 Å². The van der Waals surface area contributed by atoms with Crippen LogP contribution in [-0.2, 0) is 28.6 Å². The molecule has 0 radical (unpaired) electrons. The Hall–Kier alpha value is -2.11. The van der Waals surface area contributed by atoms with E-state index in [2.05, 4.69) is 45.1 Å². The van der Waals surface area contributed by atoms with Crippen LogP contribution >= 0.6 is 0 Å². The lowest BCUT2D eigenvalue weighted by atomic mass is 10.0. The largest absolute Gasteiger partial charge is 0.462 e. The lowest BCUT2D eigenvalue weighted by Gasteiger charge is -2.18. The molecule has 1 atom stereocenters. The zero-order valence-electron chi connectivity index (χ0n) is 40.2. The van der Waals surface area contributed by atoms with Crippen LogP contribution in [0.4, 0.5) is 0 Å². The maximum Gasteiger partial charge on any atom is 0.306 e. The molecule has 0 saturated carbocycles. The molecular weight excluding hydrogens is 745 g/mol. The van der Waals surface area contributed by atoms with Gasteiger partial charge in [-0.25, -0.2) is 0 Å². The first-order valence-electron chi connectivity index (χ1n) is 26.3. The monoisotopic (exact) mass is 845 g/mol. The van der Waals surface area contributed by atoms with Crippen LogP contribution in [0.2, 0.25) is 0 Å². The first-order valence-corrected chi connectivity index (χ1v) is 26.3. The van der Waals surface area contributed by atoms with Gasteiger partial charge in [0.25, 0.3) is 0 Å². The predicted octanol–water partition coefficient (Wildman–Crippen LogP) is 17.2. The molecule has 0 aromatic carbocycles. The number of rotatable bonds is 48. The van der Waals surface area contributed by atoms with E-state index >= 15 is 0 Å². The van der Waals surface area contributed by atoms with Crippen LogP contribution < -0.4 is 0 Å². The van der Waals surface area contributed by atoms with Crippen LogP contribution in [0.5, 0.6) is 0 Å². The first-order chi connectivity index (χ1) is 29.5. The number of unbranched alkanes of at least 4 members (excludes halogenated alkanes) is 33. The minimum atomic E-state index is -0.802. The van der Waals surface area contributed by atoms with Crippen molar-refractivity contribution >= 4 is 17.9 Å². The SMILES string of the molecule is CCCCCCCCCCCCC=CCCC(=O)OC(COC(=O)CCC=CCCCCCCCCCCCCC)COC(=O)CCCCCCCCCCCCCCC. The number of carbonyl (C=O) groups is 3. The lowest BCUT2D eigenvalue weighted by Crippen LogP contribution is -2.30. The molecular formula is C54H100O6. The molecule has 0 fully saturated rings. The van der Waals surface area contributed by atoms with Gasteiger partial charge in [-0.15, -0.1) is 0 Å². The second kappa shape index (κ2) is 49.5. The van der Waals surface area contributed by atoms with Crippen LogP contribution in [0.3, 0.4) is 0 Å². The predicted molar refractivity (Wildman–Crippen MR) is 256 cm³/mol. The number of hydrogen-bond donors (Lipinski definition) is 0. The molecule has 0 aromatic rings. The number of hydrogen-bond acceptors (Lipinski definition) is 6. The van der Waals surface area contributed by atoms with E-state index in [-0.39, 0.29) is 44.0 Å². The molecule has 0 rings (SSSR count). The minimum absolute atomic E-state index is 0.0935. The van der Waals surface area contributed by atoms with Crippen molar-refractivity contribution < 1.29 is 28.6 Å². The molecule has 60 heavy (non-hydrogen) atoms. The summed E-state index contributed by atoms with van der Waals surface area (Å²) >= 11 is 0. The fourth-order valence-corrected chi connectivity index (χ4v) is 7.71. The topological polar surface area (TPSA) is 78.9 Å². The average Bonchev–Trinajstić information content (AvgIpc) is 3.24. The van der Waals surface area contributed by atoms with E-state index < -0.39 is 6.10 Å². The maximum absolute atomic E-state index is 12.8. The second-order valence-corrected chi connectivity index (χ2v) is 17.8. The standard InChI is InChI=1S/C54H100O6/c1-4-7-10-13-16-19-22-25-27-30-32-35-38-41-44-47-53(56)59-50-51(49-58-52(55)46-43-40-37-34-31-28-24-21-18-15-12-9-6-3)60-54(57)48-45-42-39-36-33-29-26-23-20-17-14-11-8-5-2/h38-39,41-42,51H,4-37,40,43-50H2,1-3H3. The van der Waals surface area contributed by atoms with E-state index in [1.54, 1.807) is 0 Å². The van der Waals surface area contributed by atoms with Crippen LogP contribution in [0, 0.1) is 0 Å². The molecule has 352 valence electrons. The molecule has 0 bridgehead atoms. The molecule has 0 aliphatic rings. The Bertz CT molecular complexity index is 973. The van der Waals surface area contributed by atoms with Gasteiger partial charge >= 0.3 is 17.9 Å². The quantitative estimate of drug-likeness (QED) is 0.0263. The molecule has 0 aliphatic heterocycles. The Balaban J connectivity index is 4.41. The number of allylic oxidation sites excluding steroid dienone is 4. The van der Waals surface area contributed by atoms with Gasteiger partial charge < -0.3 is 14.2 Å². The Morgan fingerprint density at radius 1 is 0.317 bits per heavy atom. The fraction of sp³-hybridized carbons (Fsp3) is 0.870. The van der Waals surface area contributed by atoms with Crippen molar-refractivity contribution in [2.75, 3.05) is 13.2 Å². The molecule has 0 aromatic heterocycles. The number of carbonyl (C=O) groups excluding carboxylic acids is 3. The molecule has 6 heteroatoms. The van der Waals surface area contributed by atoms with Gasteiger partial charge in [-0.2, -0.15) is 0 Å². The zero-order chi connectivity index (χ0) is 43.7. The molecule has 6 nitrogen and oxygen atoms in total. The van der Waals surface area contributed by atoms with Crippen LogP contribution in [0.15, 0.2) is 24.3 Å². The Labute approximate surface area is 373 Å². The summed E-state index contributed by atoms with van der Waals surface area (Å²) in [6, 6.07) is 0. The summed E-state index contributed by atoms with van der Waals surface area (Å²) in [4.78, 5) is 37.9. The molecule has 0 aliphatic carbocycles. The first kappa shape index (κ1) is 57.9. The third-order valence-corrected chi connectivity index (χ3v) is 11.7. The van der Waals surface area contributed by atoms with Crippen molar-refractivity contribution in [2.45, 2.75) is 290 Å². The van der Waals surface area contributed by atoms with Crippen molar-refractivity contribution in [1.29, 1.82) is 0 Å². The van der Waals surface area contributed by atoms with E-state index in [1.807, 2.05) is 0 Å². The molecule has 1 unspecified atom stereocenters. The van der Waals surface area contributed by atoms with Gasteiger partial charge in [-0.3, -0.25) is 14.4 Å². The van der Waals surface area contributed by atoms with E-state index in [9.17, 15) is 14.4 Å². The zero-order valence-corrected chi connectivity index (χ0v) is 40.2. The van der Waals surface area contributed by atoms with Crippen LogP contribution in [-0.4, -0.2) is 37.2 Å². The third-order valence-electron chi connectivity index (χ3n) is 11.7. The summed E-state index contributed by atoms with van der Waals surface area (Å²) in [6.45, 7) is 6.60. The number of esters is 3. The highest BCUT2D eigenvalue weighted by Crippen LogP contribution is 2.16. The summed E-state index contributed by atoms with van der Waals surface area (Å²) < 4.78 is 16.7. The summed E-state index contributed by atoms with van der Waals surface area (Å²) in [7, 11) is 0.